The Bertz CT molecular complexity index is 844. The van der Waals surface area contributed by atoms with Crippen LogP contribution in [0.4, 0.5) is 10.1 Å². The van der Waals surface area contributed by atoms with Gasteiger partial charge in [-0.05, 0) is 30.3 Å². The van der Waals surface area contributed by atoms with Crippen LogP contribution in [0.5, 0.6) is 0 Å². The zero-order chi connectivity index (χ0) is 18.8. The highest BCUT2D eigenvalue weighted by molar-refractivity contribution is 6.21. The van der Waals surface area contributed by atoms with Crippen molar-refractivity contribution in [2.24, 2.45) is 5.92 Å². The van der Waals surface area contributed by atoms with Crippen LogP contribution < -0.4 is 4.90 Å². The first-order chi connectivity index (χ1) is 12.4. The zero-order valence-electron chi connectivity index (χ0n) is 14.6. The van der Waals surface area contributed by atoms with E-state index in [1.807, 2.05) is 0 Å². The van der Waals surface area contributed by atoms with E-state index in [2.05, 4.69) is 0 Å². The van der Waals surface area contributed by atoms with E-state index in [0.717, 1.165) is 4.90 Å². The molecule has 26 heavy (non-hydrogen) atoms. The summed E-state index contributed by atoms with van der Waals surface area (Å²) in [4.78, 5) is 40.0. The van der Waals surface area contributed by atoms with Crippen molar-refractivity contribution in [2.75, 3.05) is 18.0 Å². The van der Waals surface area contributed by atoms with Crippen molar-refractivity contribution >= 4 is 23.4 Å². The molecule has 134 valence electrons. The zero-order valence-corrected chi connectivity index (χ0v) is 14.6. The molecule has 3 rings (SSSR count). The summed E-state index contributed by atoms with van der Waals surface area (Å²) >= 11 is 0. The van der Waals surface area contributed by atoms with Gasteiger partial charge in [0.05, 0.1) is 11.1 Å². The number of rotatable bonds is 5. The smallest absolute Gasteiger partial charge is 0.261 e. The Morgan fingerprint density at radius 1 is 1.04 bits per heavy atom. The Morgan fingerprint density at radius 3 is 2.19 bits per heavy atom. The van der Waals surface area contributed by atoms with Gasteiger partial charge >= 0.3 is 0 Å². The highest BCUT2D eigenvalue weighted by Crippen LogP contribution is 2.23. The molecule has 5 nitrogen and oxygen atoms in total. The second-order valence-corrected chi connectivity index (χ2v) is 6.43. The van der Waals surface area contributed by atoms with Crippen molar-refractivity contribution in [3.63, 3.8) is 0 Å². The van der Waals surface area contributed by atoms with Crippen LogP contribution in [0.1, 0.15) is 34.6 Å². The number of nitrogens with zero attached hydrogens (tertiary/aromatic N) is 2. The lowest BCUT2D eigenvalue weighted by Gasteiger charge is -2.26. The third-order valence-corrected chi connectivity index (χ3v) is 4.31. The maximum absolute atomic E-state index is 13.6. The average molecular weight is 354 g/mol. The maximum atomic E-state index is 13.6. The lowest BCUT2D eigenvalue weighted by Crippen LogP contribution is -2.42. The van der Waals surface area contributed by atoms with Gasteiger partial charge in [-0.3, -0.25) is 19.3 Å². The first kappa shape index (κ1) is 17.8. The fourth-order valence-corrected chi connectivity index (χ4v) is 2.96. The number of amides is 3. The molecule has 0 radical (unpaired) electrons. The summed E-state index contributed by atoms with van der Waals surface area (Å²) in [6.07, 6.45) is 0. The number of hydrogen-bond acceptors (Lipinski definition) is 3. The van der Waals surface area contributed by atoms with Gasteiger partial charge in [0.15, 0.2) is 0 Å². The second kappa shape index (κ2) is 7.07. The fraction of sp³-hybridized carbons (Fsp3) is 0.250. The molecule has 0 aliphatic carbocycles. The number of imide groups is 1. The monoisotopic (exact) mass is 354 g/mol. The first-order valence-corrected chi connectivity index (χ1v) is 8.42. The number of fused-ring (bicyclic) bond motifs is 1. The molecular weight excluding hydrogens is 335 g/mol. The first-order valence-electron chi connectivity index (χ1n) is 8.42. The molecule has 0 saturated heterocycles. The van der Waals surface area contributed by atoms with Crippen molar-refractivity contribution in [3.05, 3.63) is 65.5 Å². The Hall–Kier alpha value is -3.02. The number of carbonyl (C=O) groups is 3. The van der Waals surface area contributed by atoms with Crippen molar-refractivity contribution in [1.29, 1.82) is 0 Å². The lowest BCUT2D eigenvalue weighted by molar-refractivity contribution is -0.121. The molecule has 0 saturated carbocycles. The molecule has 0 N–H and O–H groups in total. The van der Waals surface area contributed by atoms with E-state index in [1.165, 1.54) is 23.1 Å². The van der Waals surface area contributed by atoms with Gasteiger partial charge in [0, 0.05) is 24.7 Å². The van der Waals surface area contributed by atoms with Crippen LogP contribution in [0.25, 0.3) is 0 Å². The summed E-state index contributed by atoms with van der Waals surface area (Å²) in [5, 5.41) is 0. The van der Waals surface area contributed by atoms with E-state index in [9.17, 15) is 18.8 Å². The summed E-state index contributed by atoms with van der Waals surface area (Å²) < 4.78 is 13.6. The summed E-state index contributed by atoms with van der Waals surface area (Å²) in [6.45, 7) is 3.64. The molecule has 2 aromatic rings. The SMILES string of the molecule is CC(C)C(=O)N(CCN1C(=O)c2ccccc2C1=O)c1cccc(F)c1. The van der Waals surface area contributed by atoms with Crippen molar-refractivity contribution in [2.45, 2.75) is 13.8 Å². The fourth-order valence-electron chi connectivity index (χ4n) is 2.96. The number of carbonyl (C=O) groups excluding carboxylic acids is 3. The molecule has 1 aliphatic rings. The van der Waals surface area contributed by atoms with Gasteiger partial charge in [-0.25, -0.2) is 4.39 Å². The molecule has 3 amide bonds. The number of benzene rings is 2. The van der Waals surface area contributed by atoms with Crippen LogP contribution in [0, 0.1) is 11.7 Å². The molecule has 0 spiro atoms. The van der Waals surface area contributed by atoms with E-state index in [1.54, 1.807) is 44.2 Å². The molecular formula is C20H19FN2O3. The second-order valence-electron chi connectivity index (χ2n) is 6.43. The van der Waals surface area contributed by atoms with Crippen LogP contribution in [-0.4, -0.2) is 35.7 Å². The average Bonchev–Trinajstić information content (AvgIpc) is 2.87. The van der Waals surface area contributed by atoms with Crippen LogP contribution in [0.3, 0.4) is 0 Å². The molecule has 2 aromatic carbocycles. The topological polar surface area (TPSA) is 57.7 Å². The van der Waals surface area contributed by atoms with E-state index in [4.69, 9.17) is 0 Å². The standard InChI is InChI=1S/C20H19FN2O3/c1-13(2)18(24)22(15-7-5-6-14(21)12-15)10-11-23-19(25)16-8-3-4-9-17(16)20(23)26/h3-9,12-13H,10-11H2,1-2H3. The Kier molecular flexibility index (Phi) is 4.84. The predicted molar refractivity (Wildman–Crippen MR) is 95.4 cm³/mol. The largest absolute Gasteiger partial charge is 0.310 e. The minimum absolute atomic E-state index is 0.0430. The highest BCUT2D eigenvalue weighted by Gasteiger charge is 2.35. The van der Waals surface area contributed by atoms with E-state index < -0.39 is 5.82 Å². The predicted octanol–water partition coefficient (Wildman–Crippen LogP) is 3.11. The van der Waals surface area contributed by atoms with Gasteiger partial charge in [-0.1, -0.05) is 32.0 Å². The minimum Gasteiger partial charge on any atom is -0.310 e. The van der Waals surface area contributed by atoms with E-state index in [-0.39, 0.29) is 36.7 Å². The van der Waals surface area contributed by atoms with Gasteiger partial charge in [-0.2, -0.15) is 0 Å². The van der Waals surface area contributed by atoms with Gasteiger partial charge in [0.1, 0.15) is 5.82 Å². The summed E-state index contributed by atoms with van der Waals surface area (Å²) in [7, 11) is 0. The summed E-state index contributed by atoms with van der Waals surface area (Å²) in [6, 6.07) is 12.3. The van der Waals surface area contributed by atoms with Gasteiger partial charge in [-0.15, -0.1) is 0 Å². The Labute approximate surface area is 151 Å². The molecule has 1 heterocycles. The number of hydrogen-bond donors (Lipinski definition) is 0. The normalized spacial score (nSPS) is 13.3. The molecule has 0 unspecified atom stereocenters. The van der Waals surface area contributed by atoms with Crippen LogP contribution >= 0.6 is 0 Å². The third kappa shape index (κ3) is 3.22. The Balaban J connectivity index is 1.82. The maximum Gasteiger partial charge on any atom is 0.261 e. The van der Waals surface area contributed by atoms with Gasteiger partial charge < -0.3 is 4.90 Å². The minimum atomic E-state index is -0.454. The molecule has 0 aromatic heterocycles. The number of halogens is 1. The molecule has 0 atom stereocenters. The Morgan fingerprint density at radius 2 is 1.65 bits per heavy atom. The lowest BCUT2D eigenvalue weighted by atomic mass is 10.1. The number of anilines is 1. The van der Waals surface area contributed by atoms with Crippen LogP contribution in [0.2, 0.25) is 0 Å². The highest BCUT2D eigenvalue weighted by atomic mass is 19.1. The van der Waals surface area contributed by atoms with Crippen molar-refractivity contribution < 1.29 is 18.8 Å². The molecule has 0 fully saturated rings. The van der Waals surface area contributed by atoms with E-state index >= 15 is 0 Å². The van der Waals surface area contributed by atoms with Gasteiger partial charge in [0.2, 0.25) is 5.91 Å². The summed E-state index contributed by atoms with van der Waals surface area (Å²) in [5.41, 5.74) is 1.13. The van der Waals surface area contributed by atoms with E-state index in [0.29, 0.717) is 16.8 Å². The van der Waals surface area contributed by atoms with Crippen molar-refractivity contribution in [3.8, 4) is 0 Å². The van der Waals surface area contributed by atoms with Gasteiger partial charge in [0.25, 0.3) is 11.8 Å². The molecule has 0 bridgehead atoms. The molecule has 6 heteroatoms. The van der Waals surface area contributed by atoms with Crippen molar-refractivity contribution in [1.82, 2.24) is 4.90 Å². The quantitative estimate of drug-likeness (QED) is 0.775. The summed E-state index contributed by atoms with van der Waals surface area (Å²) in [5.74, 6) is -1.71. The van der Waals surface area contributed by atoms with Crippen LogP contribution in [-0.2, 0) is 4.79 Å². The van der Waals surface area contributed by atoms with Crippen LogP contribution in [0.15, 0.2) is 48.5 Å². The third-order valence-electron chi connectivity index (χ3n) is 4.31. The molecule has 1 aliphatic heterocycles.